The highest BCUT2D eigenvalue weighted by Gasteiger charge is 2.37. The van der Waals surface area contributed by atoms with Gasteiger partial charge in [0.2, 0.25) is 0 Å². The minimum atomic E-state index is -0.0295. The molecule has 0 spiro atoms. The van der Waals surface area contributed by atoms with E-state index in [1.54, 1.807) is 12.4 Å². The van der Waals surface area contributed by atoms with Gasteiger partial charge in [0.15, 0.2) is 11.3 Å². The second-order valence-electron chi connectivity index (χ2n) is 6.11. The molecule has 4 heterocycles. The maximum atomic E-state index is 12.8. The number of aromatic nitrogens is 3. The minimum Gasteiger partial charge on any atom is -0.337 e. The van der Waals surface area contributed by atoms with E-state index in [1.807, 2.05) is 28.7 Å². The predicted molar refractivity (Wildman–Crippen MR) is 78.0 cm³/mol. The van der Waals surface area contributed by atoms with Gasteiger partial charge in [-0.05, 0) is 25.7 Å². The number of nitrogens with zero attached hydrogens (tertiary/aromatic N) is 4. The van der Waals surface area contributed by atoms with E-state index in [0.717, 1.165) is 12.8 Å². The molecule has 2 fully saturated rings. The Morgan fingerprint density at radius 2 is 1.90 bits per heavy atom. The van der Waals surface area contributed by atoms with E-state index in [2.05, 4.69) is 15.3 Å². The summed E-state index contributed by atoms with van der Waals surface area (Å²) in [6.45, 7) is 0. The van der Waals surface area contributed by atoms with Crippen LogP contribution in [0.2, 0.25) is 0 Å². The Balaban J connectivity index is 1.60. The number of amides is 1. The van der Waals surface area contributed by atoms with Gasteiger partial charge in [0.1, 0.15) is 0 Å². The third-order valence-electron chi connectivity index (χ3n) is 4.83. The Labute approximate surface area is 123 Å². The van der Waals surface area contributed by atoms with Gasteiger partial charge in [-0.1, -0.05) is 0 Å². The first kappa shape index (κ1) is 12.8. The van der Waals surface area contributed by atoms with Crippen LogP contribution in [0.15, 0.2) is 24.8 Å². The molecule has 2 saturated heterocycles. The van der Waals surface area contributed by atoms with Crippen LogP contribution in [0.5, 0.6) is 0 Å². The highest BCUT2D eigenvalue weighted by atomic mass is 16.2. The van der Waals surface area contributed by atoms with Crippen LogP contribution in [-0.2, 0) is 0 Å². The summed E-state index contributed by atoms with van der Waals surface area (Å²) in [6.07, 6.45) is 11.5. The molecule has 2 aromatic rings. The quantitative estimate of drug-likeness (QED) is 0.897. The van der Waals surface area contributed by atoms with E-state index in [-0.39, 0.29) is 5.91 Å². The van der Waals surface area contributed by atoms with Crippen LogP contribution in [0.1, 0.15) is 36.2 Å². The average Bonchev–Trinajstić information content (AvgIpc) is 3.11. The fourth-order valence-electron chi connectivity index (χ4n) is 3.68. The molecule has 4 rings (SSSR count). The number of fused-ring (bicyclic) bond motifs is 3. The molecule has 0 saturated carbocycles. The summed E-state index contributed by atoms with van der Waals surface area (Å²) in [5.74, 6) is -0.0295. The maximum absolute atomic E-state index is 12.8. The Morgan fingerprint density at radius 3 is 2.62 bits per heavy atom. The Kier molecular flexibility index (Phi) is 2.92. The number of hydrogen-bond donors (Lipinski definition) is 1. The van der Waals surface area contributed by atoms with Crippen LogP contribution in [0.3, 0.4) is 0 Å². The van der Waals surface area contributed by atoms with Gasteiger partial charge in [-0.25, -0.2) is 9.97 Å². The van der Waals surface area contributed by atoms with Crippen LogP contribution >= 0.6 is 0 Å². The number of hydrogen-bond acceptors (Lipinski definition) is 4. The van der Waals surface area contributed by atoms with Crippen molar-refractivity contribution in [1.29, 1.82) is 0 Å². The lowest BCUT2D eigenvalue weighted by molar-refractivity contribution is 0.0677. The van der Waals surface area contributed by atoms with Gasteiger partial charge in [0.25, 0.3) is 5.91 Å². The fraction of sp³-hybridized carbons (Fsp3) is 0.533. The van der Waals surface area contributed by atoms with Gasteiger partial charge in [0, 0.05) is 50.0 Å². The minimum absolute atomic E-state index is 0.0295. The topological polar surface area (TPSA) is 62.5 Å². The van der Waals surface area contributed by atoms with Crippen molar-refractivity contribution in [2.75, 3.05) is 7.05 Å². The summed E-state index contributed by atoms with van der Waals surface area (Å²) < 4.78 is 1.83. The molecule has 2 unspecified atom stereocenters. The largest absolute Gasteiger partial charge is 0.337 e. The van der Waals surface area contributed by atoms with Gasteiger partial charge >= 0.3 is 0 Å². The van der Waals surface area contributed by atoms with Gasteiger partial charge < -0.3 is 14.6 Å². The normalized spacial score (nSPS) is 28.0. The van der Waals surface area contributed by atoms with Crippen LogP contribution in [-0.4, -0.2) is 50.3 Å². The molecule has 2 aliphatic heterocycles. The summed E-state index contributed by atoms with van der Waals surface area (Å²) in [4.78, 5) is 23.2. The van der Waals surface area contributed by atoms with Crippen molar-refractivity contribution in [2.45, 2.75) is 43.8 Å². The van der Waals surface area contributed by atoms with Crippen LogP contribution in [0, 0.1) is 0 Å². The van der Waals surface area contributed by atoms with Crippen molar-refractivity contribution in [3.05, 3.63) is 30.5 Å². The molecular formula is C15H19N5O. The number of nitrogens with one attached hydrogen (secondary N) is 1. The zero-order valence-corrected chi connectivity index (χ0v) is 12.1. The lowest BCUT2D eigenvalue weighted by Crippen LogP contribution is -2.48. The van der Waals surface area contributed by atoms with Crippen molar-refractivity contribution in [3.63, 3.8) is 0 Å². The second-order valence-corrected chi connectivity index (χ2v) is 6.11. The van der Waals surface area contributed by atoms with Gasteiger partial charge in [0.05, 0.1) is 0 Å². The van der Waals surface area contributed by atoms with Crippen molar-refractivity contribution in [1.82, 2.24) is 24.6 Å². The summed E-state index contributed by atoms with van der Waals surface area (Å²) >= 11 is 0. The monoisotopic (exact) mass is 285 g/mol. The maximum Gasteiger partial charge on any atom is 0.276 e. The first-order chi connectivity index (χ1) is 10.2. The smallest absolute Gasteiger partial charge is 0.276 e. The number of imidazole rings is 1. The van der Waals surface area contributed by atoms with E-state index in [9.17, 15) is 4.79 Å². The summed E-state index contributed by atoms with van der Waals surface area (Å²) in [7, 11) is 1.89. The summed E-state index contributed by atoms with van der Waals surface area (Å²) in [5.41, 5.74) is 1.07. The number of carbonyl (C=O) groups is 1. The zero-order chi connectivity index (χ0) is 14.4. The number of carbonyl (C=O) groups excluding carboxylic acids is 1. The molecule has 0 aliphatic carbocycles. The molecular weight excluding hydrogens is 266 g/mol. The SMILES string of the molecule is CN(C(=O)c1nccn2ccnc12)C1CC2CCC(C1)N2. The standard InChI is InChI=1S/C15H19N5O/c1-19(12-8-10-2-3-11(9-12)18-10)15(21)13-14-17-5-7-20(14)6-4-16-13/h4-7,10-12,18H,2-3,8-9H2,1H3. The number of rotatable bonds is 2. The fourth-order valence-corrected chi connectivity index (χ4v) is 3.68. The molecule has 1 N–H and O–H groups in total. The van der Waals surface area contributed by atoms with E-state index in [1.165, 1.54) is 12.8 Å². The molecule has 110 valence electrons. The third-order valence-corrected chi connectivity index (χ3v) is 4.83. The molecule has 2 atom stereocenters. The number of piperidine rings is 1. The van der Waals surface area contributed by atoms with E-state index >= 15 is 0 Å². The first-order valence-corrected chi connectivity index (χ1v) is 7.53. The highest BCUT2D eigenvalue weighted by Crippen LogP contribution is 2.29. The van der Waals surface area contributed by atoms with Crippen LogP contribution < -0.4 is 5.32 Å². The summed E-state index contributed by atoms with van der Waals surface area (Å²) in [5, 5.41) is 3.61. The van der Waals surface area contributed by atoms with Crippen LogP contribution in [0.25, 0.3) is 5.65 Å². The molecule has 2 aliphatic rings. The van der Waals surface area contributed by atoms with E-state index in [0.29, 0.717) is 29.5 Å². The lowest BCUT2D eigenvalue weighted by Gasteiger charge is -2.35. The molecule has 2 aromatic heterocycles. The van der Waals surface area contributed by atoms with Gasteiger partial charge in [-0.15, -0.1) is 0 Å². The van der Waals surface area contributed by atoms with Crippen molar-refractivity contribution in [3.8, 4) is 0 Å². The van der Waals surface area contributed by atoms with Crippen LogP contribution in [0.4, 0.5) is 0 Å². The van der Waals surface area contributed by atoms with Crippen molar-refractivity contribution in [2.24, 2.45) is 0 Å². The Hall–Kier alpha value is -1.95. The van der Waals surface area contributed by atoms with E-state index < -0.39 is 0 Å². The van der Waals surface area contributed by atoms with Gasteiger partial charge in [-0.2, -0.15) is 0 Å². The Morgan fingerprint density at radius 1 is 1.24 bits per heavy atom. The van der Waals surface area contributed by atoms with Crippen molar-refractivity contribution < 1.29 is 4.79 Å². The highest BCUT2D eigenvalue weighted by molar-refractivity contribution is 5.97. The third kappa shape index (κ3) is 2.10. The van der Waals surface area contributed by atoms with Gasteiger partial charge in [-0.3, -0.25) is 4.79 Å². The predicted octanol–water partition coefficient (Wildman–Crippen LogP) is 1.08. The molecule has 2 bridgehead atoms. The second kappa shape index (κ2) is 4.80. The Bertz CT molecular complexity index is 670. The molecule has 6 heteroatoms. The average molecular weight is 285 g/mol. The van der Waals surface area contributed by atoms with Crippen molar-refractivity contribution >= 4 is 11.6 Å². The molecule has 1 amide bonds. The first-order valence-electron chi connectivity index (χ1n) is 7.53. The summed E-state index contributed by atoms with van der Waals surface area (Å²) in [6, 6.07) is 1.44. The molecule has 0 radical (unpaired) electrons. The lowest BCUT2D eigenvalue weighted by atomic mass is 9.98. The molecule has 0 aromatic carbocycles. The zero-order valence-electron chi connectivity index (χ0n) is 12.1. The molecule has 21 heavy (non-hydrogen) atoms. The van der Waals surface area contributed by atoms with E-state index in [4.69, 9.17) is 0 Å². The molecule has 6 nitrogen and oxygen atoms in total.